The maximum absolute atomic E-state index is 11.1. The highest BCUT2D eigenvalue weighted by atomic mass is 16.5. The first-order valence-electron chi connectivity index (χ1n) is 7.38. The number of morpholine rings is 1. The Kier molecular flexibility index (Phi) is 4.55. The van der Waals surface area contributed by atoms with Crippen LogP contribution in [0, 0.1) is 0 Å². The van der Waals surface area contributed by atoms with Gasteiger partial charge in [-0.2, -0.15) is 0 Å². The normalized spacial score (nSPS) is 16.0. The minimum absolute atomic E-state index is 0.161. The molecule has 0 atom stereocenters. The van der Waals surface area contributed by atoms with Gasteiger partial charge in [0.1, 0.15) is 11.1 Å². The van der Waals surface area contributed by atoms with Crippen LogP contribution in [0.15, 0.2) is 18.3 Å². The first kappa shape index (κ1) is 14.8. The zero-order valence-corrected chi connectivity index (χ0v) is 12.2. The minimum Gasteiger partial charge on any atom is -0.478 e. The van der Waals surface area contributed by atoms with E-state index in [1.165, 1.54) is 6.20 Å². The zero-order chi connectivity index (χ0) is 15.4. The van der Waals surface area contributed by atoms with Gasteiger partial charge in [0, 0.05) is 31.9 Å². The molecule has 2 aromatic heterocycles. The van der Waals surface area contributed by atoms with Crippen molar-refractivity contribution in [2.45, 2.75) is 6.42 Å². The van der Waals surface area contributed by atoms with Crippen LogP contribution in [0.2, 0.25) is 0 Å². The van der Waals surface area contributed by atoms with Gasteiger partial charge in [0.05, 0.1) is 25.3 Å². The van der Waals surface area contributed by atoms with E-state index in [2.05, 4.69) is 14.9 Å². The molecular weight excluding hydrogens is 286 g/mol. The number of hydrogen-bond acceptors (Lipinski definition) is 5. The molecule has 0 aromatic carbocycles. The Balaban J connectivity index is 1.54. The molecule has 1 aliphatic heterocycles. The van der Waals surface area contributed by atoms with Crippen LogP contribution in [0.25, 0.3) is 11.0 Å². The lowest BCUT2D eigenvalue weighted by Gasteiger charge is -2.26. The third kappa shape index (κ3) is 3.37. The summed E-state index contributed by atoms with van der Waals surface area (Å²) >= 11 is 0. The molecule has 3 rings (SSSR count). The summed E-state index contributed by atoms with van der Waals surface area (Å²) in [5.74, 6) is -0.542. The van der Waals surface area contributed by atoms with Crippen LogP contribution in [-0.4, -0.2) is 65.4 Å². The van der Waals surface area contributed by atoms with E-state index in [1.807, 2.05) is 0 Å². The summed E-state index contributed by atoms with van der Waals surface area (Å²) in [6, 6.07) is 3.53. The number of carboxylic acids is 1. The number of rotatable bonds is 6. The standard InChI is InChI=1S/C15H19N3O4/c19-15(20)11-10-16-12-2-3-13(17-14(11)12)22-7-1-4-18-5-8-21-9-6-18/h2-3,10,16H,1,4-9H2,(H,19,20). The van der Waals surface area contributed by atoms with Crippen molar-refractivity contribution in [3.05, 3.63) is 23.9 Å². The number of aromatic carboxylic acids is 1. The van der Waals surface area contributed by atoms with Gasteiger partial charge in [-0.15, -0.1) is 0 Å². The molecule has 0 spiro atoms. The smallest absolute Gasteiger partial charge is 0.339 e. The Hall–Kier alpha value is -2.12. The van der Waals surface area contributed by atoms with Crippen molar-refractivity contribution in [2.24, 2.45) is 0 Å². The Labute approximate surface area is 127 Å². The van der Waals surface area contributed by atoms with Gasteiger partial charge in [-0.25, -0.2) is 9.78 Å². The second-order valence-electron chi connectivity index (χ2n) is 5.21. The molecule has 7 nitrogen and oxygen atoms in total. The summed E-state index contributed by atoms with van der Waals surface area (Å²) < 4.78 is 10.9. The van der Waals surface area contributed by atoms with E-state index in [0.29, 0.717) is 23.5 Å². The molecule has 0 aliphatic carbocycles. The molecule has 0 amide bonds. The van der Waals surface area contributed by atoms with Crippen molar-refractivity contribution < 1.29 is 19.4 Å². The Bertz CT molecular complexity index is 649. The fraction of sp³-hybridized carbons (Fsp3) is 0.467. The second-order valence-corrected chi connectivity index (χ2v) is 5.21. The van der Waals surface area contributed by atoms with E-state index in [4.69, 9.17) is 14.6 Å². The molecule has 1 fully saturated rings. The van der Waals surface area contributed by atoms with Crippen molar-refractivity contribution >= 4 is 17.0 Å². The summed E-state index contributed by atoms with van der Waals surface area (Å²) in [4.78, 5) is 20.6. The van der Waals surface area contributed by atoms with Gasteiger partial charge in [0.15, 0.2) is 0 Å². The molecule has 7 heteroatoms. The van der Waals surface area contributed by atoms with Gasteiger partial charge in [-0.05, 0) is 12.5 Å². The lowest BCUT2D eigenvalue weighted by atomic mass is 10.3. The van der Waals surface area contributed by atoms with E-state index < -0.39 is 5.97 Å². The van der Waals surface area contributed by atoms with E-state index >= 15 is 0 Å². The van der Waals surface area contributed by atoms with Gasteiger partial charge < -0.3 is 19.6 Å². The predicted octanol–water partition coefficient (Wildman–Crippen LogP) is 1.36. The van der Waals surface area contributed by atoms with Crippen LogP contribution < -0.4 is 4.74 Å². The average molecular weight is 305 g/mol. The molecule has 118 valence electrons. The van der Waals surface area contributed by atoms with Crippen molar-refractivity contribution in [1.82, 2.24) is 14.9 Å². The molecule has 1 saturated heterocycles. The van der Waals surface area contributed by atoms with Gasteiger partial charge >= 0.3 is 5.97 Å². The molecule has 0 radical (unpaired) electrons. The highest BCUT2D eigenvalue weighted by molar-refractivity contribution is 6.01. The Morgan fingerprint density at radius 3 is 3.00 bits per heavy atom. The van der Waals surface area contributed by atoms with Gasteiger partial charge in [-0.1, -0.05) is 0 Å². The molecule has 0 saturated carbocycles. The number of H-pyrrole nitrogens is 1. The van der Waals surface area contributed by atoms with E-state index in [0.717, 1.165) is 39.3 Å². The Morgan fingerprint density at radius 2 is 2.23 bits per heavy atom. The maximum Gasteiger partial charge on any atom is 0.339 e. The highest BCUT2D eigenvalue weighted by Gasteiger charge is 2.13. The molecule has 0 unspecified atom stereocenters. The number of fused-ring (bicyclic) bond motifs is 1. The van der Waals surface area contributed by atoms with Gasteiger partial charge in [0.25, 0.3) is 0 Å². The molecule has 3 heterocycles. The van der Waals surface area contributed by atoms with E-state index in [1.54, 1.807) is 12.1 Å². The molecule has 1 aliphatic rings. The SMILES string of the molecule is O=C(O)c1c[nH]c2ccc(OCCCN3CCOCC3)nc12. The first-order valence-corrected chi connectivity index (χ1v) is 7.38. The number of aromatic amines is 1. The molecule has 2 aromatic rings. The Morgan fingerprint density at radius 1 is 1.41 bits per heavy atom. The topological polar surface area (TPSA) is 87.7 Å². The largest absolute Gasteiger partial charge is 0.478 e. The van der Waals surface area contributed by atoms with Crippen LogP contribution in [0.3, 0.4) is 0 Å². The fourth-order valence-corrected chi connectivity index (χ4v) is 2.51. The lowest BCUT2D eigenvalue weighted by molar-refractivity contribution is 0.0357. The summed E-state index contributed by atoms with van der Waals surface area (Å²) in [6.45, 7) is 5.05. The lowest BCUT2D eigenvalue weighted by Crippen LogP contribution is -2.37. The van der Waals surface area contributed by atoms with E-state index in [9.17, 15) is 4.79 Å². The van der Waals surface area contributed by atoms with Crippen molar-refractivity contribution in [3.63, 3.8) is 0 Å². The highest BCUT2D eigenvalue weighted by Crippen LogP contribution is 2.19. The fourth-order valence-electron chi connectivity index (χ4n) is 2.51. The predicted molar refractivity (Wildman–Crippen MR) is 80.4 cm³/mol. The van der Waals surface area contributed by atoms with Crippen molar-refractivity contribution in [1.29, 1.82) is 0 Å². The zero-order valence-electron chi connectivity index (χ0n) is 12.2. The molecular formula is C15H19N3O4. The van der Waals surface area contributed by atoms with Gasteiger partial charge in [-0.3, -0.25) is 4.90 Å². The molecule has 2 N–H and O–H groups in total. The number of carbonyl (C=O) groups is 1. The number of nitrogens with zero attached hydrogens (tertiary/aromatic N) is 2. The first-order chi connectivity index (χ1) is 10.7. The van der Waals surface area contributed by atoms with Crippen LogP contribution in [0.1, 0.15) is 16.8 Å². The van der Waals surface area contributed by atoms with Crippen molar-refractivity contribution in [2.75, 3.05) is 39.5 Å². The summed E-state index contributed by atoms with van der Waals surface area (Å²) in [6.07, 6.45) is 2.35. The maximum atomic E-state index is 11.1. The van der Waals surface area contributed by atoms with E-state index in [-0.39, 0.29) is 5.56 Å². The monoisotopic (exact) mass is 305 g/mol. The van der Waals surface area contributed by atoms with Crippen LogP contribution in [0.5, 0.6) is 5.88 Å². The second kappa shape index (κ2) is 6.76. The molecule has 22 heavy (non-hydrogen) atoms. The summed E-state index contributed by atoms with van der Waals surface area (Å²) in [7, 11) is 0. The number of aromatic nitrogens is 2. The minimum atomic E-state index is -0.997. The van der Waals surface area contributed by atoms with Crippen LogP contribution in [0.4, 0.5) is 0 Å². The van der Waals surface area contributed by atoms with Gasteiger partial charge in [0.2, 0.25) is 5.88 Å². The number of nitrogens with one attached hydrogen (secondary N) is 1. The summed E-state index contributed by atoms with van der Waals surface area (Å²) in [5.41, 5.74) is 1.28. The van der Waals surface area contributed by atoms with Crippen LogP contribution in [-0.2, 0) is 4.74 Å². The third-order valence-electron chi connectivity index (χ3n) is 3.70. The number of carboxylic acid groups (broad SMARTS) is 1. The van der Waals surface area contributed by atoms with Crippen molar-refractivity contribution in [3.8, 4) is 5.88 Å². The van der Waals surface area contributed by atoms with Crippen LogP contribution >= 0.6 is 0 Å². The number of pyridine rings is 1. The average Bonchev–Trinajstić information content (AvgIpc) is 2.96. The summed E-state index contributed by atoms with van der Waals surface area (Å²) in [5, 5.41) is 9.10. The molecule has 0 bridgehead atoms. The number of ether oxygens (including phenoxy) is 2. The quantitative estimate of drug-likeness (QED) is 0.784. The number of hydrogen-bond donors (Lipinski definition) is 2. The third-order valence-corrected chi connectivity index (χ3v) is 3.70.